The van der Waals surface area contributed by atoms with Crippen molar-refractivity contribution in [3.05, 3.63) is 0 Å². The average Bonchev–Trinajstić information content (AvgIpc) is 3.10. The molecule has 3 atom stereocenters. The quantitative estimate of drug-likeness (QED) is 0.160. The number of hydrogen-bond acceptors (Lipinski definition) is 6. The standard InChI is InChI=1S/C16H30N6O4S/c1-27-9-6-10(17)14(24)22-8-3-5-12(22)13(23)21-11(15(25)26)4-2-7-20-16(18)19/h10-12H,2-9,17H2,1H3,(H,21,23)(H,25,26)(H4,18,19,20). The molecule has 0 aromatic heterocycles. The Labute approximate surface area is 163 Å². The molecular weight excluding hydrogens is 372 g/mol. The lowest BCUT2D eigenvalue weighted by atomic mass is 10.1. The van der Waals surface area contributed by atoms with Gasteiger partial charge in [-0.15, -0.1) is 0 Å². The van der Waals surface area contributed by atoms with E-state index in [-0.39, 0.29) is 24.8 Å². The third-order valence-corrected chi connectivity index (χ3v) is 4.99. The number of aliphatic imine (C=N–C) groups is 1. The summed E-state index contributed by atoms with van der Waals surface area (Å²) in [5.74, 6) is -1.17. The van der Waals surface area contributed by atoms with E-state index in [2.05, 4.69) is 10.3 Å². The van der Waals surface area contributed by atoms with Gasteiger partial charge in [-0.3, -0.25) is 14.6 Å². The second-order valence-electron chi connectivity index (χ2n) is 6.43. The number of likely N-dealkylation sites (tertiary alicyclic amines) is 1. The third-order valence-electron chi connectivity index (χ3n) is 4.35. The number of carboxylic acids is 1. The van der Waals surface area contributed by atoms with Gasteiger partial charge >= 0.3 is 5.97 Å². The van der Waals surface area contributed by atoms with Crippen LogP contribution in [0.3, 0.4) is 0 Å². The highest BCUT2D eigenvalue weighted by Crippen LogP contribution is 2.19. The average molecular weight is 403 g/mol. The highest BCUT2D eigenvalue weighted by Gasteiger charge is 2.37. The molecule has 154 valence electrons. The van der Waals surface area contributed by atoms with Crippen LogP contribution in [0.25, 0.3) is 0 Å². The molecule has 2 amide bonds. The molecule has 0 radical (unpaired) electrons. The predicted octanol–water partition coefficient (Wildman–Crippen LogP) is -1.32. The summed E-state index contributed by atoms with van der Waals surface area (Å²) in [6.07, 6.45) is 4.23. The van der Waals surface area contributed by atoms with Crippen molar-refractivity contribution in [2.75, 3.05) is 25.1 Å². The Morgan fingerprint density at radius 1 is 1.33 bits per heavy atom. The van der Waals surface area contributed by atoms with Crippen LogP contribution in [0.4, 0.5) is 0 Å². The van der Waals surface area contributed by atoms with Gasteiger partial charge in [-0.1, -0.05) is 0 Å². The zero-order valence-electron chi connectivity index (χ0n) is 15.6. The van der Waals surface area contributed by atoms with Gasteiger partial charge in [0.25, 0.3) is 0 Å². The number of nitrogens with one attached hydrogen (secondary N) is 1. The van der Waals surface area contributed by atoms with E-state index >= 15 is 0 Å². The predicted molar refractivity (Wildman–Crippen MR) is 105 cm³/mol. The van der Waals surface area contributed by atoms with Gasteiger partial charge in [0, 0.05) is 13.1 Å². The molecule has 27 heavy (non-hydrogen) atoms. The van der Waals surface area contributed by atoms with Crippen LogP contribution in [-0.2, 0) is 14.4 Å². The molecule has 3 unspecified atom stereocenters. The maximum atomic E-state index is 12.6. The summed E-state index contributed by atoms with van der Waals surface area (Å²) in [7, 11) is 0. The molecule has 1 fully saturated rings. The lowest BCUT2D eigenvalue weighted by Crippen LogP contribution is -2.54. The molecule has 8 N–H and O–H groups in total. The second-order valence-corrected chi connectivity index (χ2v) is 7.41. The van der Waals surface area contributed by atoms with Gasteiger partial charge in [-0.05, 0) is 44.1 Å². The zero-order chi connectivity index (χ0) is 20.4. The highest BCUT2D eigenvalue weighted by atomic mass is 32.2. The first-order chi connectivity index (χ1) is 12.8. The van der Waals surface area contributed by atoms with Crippen molar-refractivity contribution in [1.82, 2.24) is 10.2 Å². The molecule has 0 aromatic carbocycles. The minimum Gasteiger partial charge on any atom is -0.480 e. The van der Waals surface area contributed by atoms with Crippen molar-refractivity contribution in [2.45, 2.75) is 50.2 Å². The van der Waals surface area contributed by atoms with Crippen LogP contribution in [0.1, 0.15) is 32.1 Å². The fraction of sp³-hybridized carbons (Fsp3) is 0.750. The lowest BCUT2D eigenvalue weighted by molar-refractivity contribution is -0.144. The van der Waals surface area contributed by atoms with E-state index in [0.29, 0.717) is 32.2 Å². The number of rotatable bonds is 11. The Bertz CT molecular complexity index is 555. The molecule has 11 heteroatoms. The summed E-state index contributed by atoms with van der Waals surface area (Å²) >= 11 is 1.60. The minimum atomic E-state index is -1.14. The summed E-state index contributed by atoms with van der Waals surface area (Å²) in [5.41, 5.74) is 16.4. The summed E-state index contributed by atoms with van der Waals surface area (Å²) < 4.78 is 0. The number of guanidine groups is 1. The molecule has 0 spiro atoms. The highest BCUT2D eigenvalue weighted by molar-refractivity contribution is 7.98. The van der Waals surface area contributed by atoms with Gasteiger partial charge in [0.05, 0.1) is 6.04 Å². The van der Waals surface area contributed by atoms with Crippen LogP contribution < -0.4 is 22.5 Å². The van der Waals surface area contributed by atoms with Crippen molar-refractivity contribution in [2.24, 2.45) is 22.2 Å². The largest absolute Gasteiger partial charge is 0.480 e. The maximum absolute atomic E-state index is 12.6. The fourth-order valence-corrected chi connectivity index (χ4v) is 3.40. The van der Waals surface area contributed by atoms with Crippen LogP contribution in [0.2, 0.25) is 0 Å². The van der Waals surface area contributed by atoms with Gasteiger partial charge in [0.1, 0.15) is 12.1 Å². The molecule has 1 aliphatic heterocycles. The monoisotopic (exact) mass is 402 g/mol. The van der Waals surface area contributed by atoms with Gasteiger partial charge in [0.2, 0.25) is 11.8 Å². The van der Waals surface area contributed by atoms with Crippen LogP contribution in [0, 0.1) is 0 Å². The van der Waals surface area contributed by atoms with E-state index < -0.39 is 30.0 Å². The van der Waals surface area contributed by atoms with Gasteiger partial charge in [0.15, 0.2) is 5.96 Å². The molecule has 1 heterocycles. The summed E-state index contributed by atoms with van der Waals surface area (Å²) in [6.45, 7) is 0.729. The molecule has 1 rings (SSSR count). The Hall–Kier alpha value is -2.01. The van der Waals surface area contributed by atoms with Gasteiger partial charge in [-0.25, -0.2) is 4.79 Å². The number of carbonyl (C=O) groups excluding carboxylic acids is 2. The van der Waals surface area contributed by atoms with E-state index in [1.54, 1.807) is 11.8 Å². The van der Waals surface area contributed by atoms with Gasteiger partial charge in [-0.2, -0.15) is 11.8 Å². The van der Waals surface area contributed by atoms with E-state index in [0.717, 1.165) is 5.75 Å². The Balaban J connectivity index is 2.64. The van der Waals surface area contributed by atoms with Crippen LogP contribution in [-0.4, -0.2) is 77.0 Å². The SMILES string of the molecule is CSCCC(N)C(=O)N1CCCC1C(=O)NC(CCCN=C(N)N)C(=O)O. The van der Waals surface area contributed by atoms with Crippen molar-refractivity contribution in [3.63, 3.8) is 0 Å². The first-order valence-corrected chi connectivity index (χ1v) is 10.3. The van der Waals surface area contributed by atoms with Crippen molar-refractivity contribution in [1.29, 1.82) is 0 Å². The van der Waals surface area contributed by atoms with Crippen molar-refractivity contribution < 1.29 is 19.5 Å². The molecule has 0 aliphatic carbocycles. The molecule has 0 bridgehead atoms. The minimum absolute atomic E-state index is 0.0659. The number of nitrogens with two attached hydrogens (primary N) is 3. The Morgan fingerprint density at radius 2 is 2.04 bits per heavy atom. The first-order valence-electron chi connectivity index (χ1n) is 8.91. The summed E-state index contributed by atoms with van der Waals surface area (Å²) in [5, 5.41) is 11.9. The van der Waals surface area contributed by atoms with E-state index in [1.807, 2.05) is 6.26 Å². The molecule has 1 saturated heterocycles. The normalized spacial score (nSPS) is 18.6. The molecular formula is C16H30N6O4S. The lowest BCUT2D eigenvalue weighted by Gasteiger charge is -2.27. The van der Waals surface area contributed by atoms with Crippen LogP contribution >= 0.6 is 11.8 Å². The molecule has 1 aliphatic rings. The molecule has 0 saturated carbocycles. The number of amides is 2. The van der Waals surface area contributed by atoms with Gasteiger partial charge < -0.3 is 32.5 Å². The second kappa shape index (κ2) is 11.7. The Morgan fingerprint density at radius 3 is 2.63 bits per heavy atom. The first kappa shape index (κ1) is 23.0. The van der Waals surface area contributed by atoms with Crippen molar-refractivity contribution in [3.8, 4) is 0 Å². The number of carbonyl (C=O) groups is 3. The maximum Gasteiger partial charge on any atom is 0.326 e. The van der Waals surface area contributed by atoms with Crippen LogP contribution in [0.15, 0.2) is 4.99 Å². The number of nitrogens with zero attached hydrogens (tertiary/aromatic N) is 2. The summed E-state index contributed by atoms with van der Waals surface area (Å²) in [4.78, 5) is 41.8. The number of hydrogen-bond donors (Lipinski definition) is 5. The Kier molecular flexibility index (Phi) is 9.94. The topological polar surface area (TPSA) is 177 Å². The number of thioether (sulfide) groups is 1. The smallest absolute Gasteiger partial charge is 0.326 e. The zero-order valence-corrected chi connectivity index (χ0v) is 16.4. The van der Waals surface area contributed by atoms with E-state index in [4.69, 9.17) is 17.2 Å². The van der Waals surface area contributed by atoms with Crippen molar-refractivity contribution >= 4 is 35.5 Å². The van der Waals surface area contributed by atoms with Crippen LogP contribution in [0.5, 0.6) is 0 Å². The fourth-order valence-electron chi connectivity index (χ4n) is 2.91. The third kappa shape index (κ3) is 7.63. The number of aliphatic carboxylic acids is 1. The number of carboxylic acid groups (broad SMARTS) is 1. The van der Waals surface area contributed by atoms with E-state index in [1.165, 1.54) is 4.90 Å². The summed E-state index contributed by atoms with van der Waals surface area (Å²) in [6, 6.07) is -2.40. The van der Waals surface area contributed by atoms with E-state index in [9.17, 15) is 19.5 Å². The molecule has 10 nitrogen and oxygen atoms in total. The molecule has 0 aromatic rings.